The van der Waals surface area contributed by atoms with Crippen LogP contribution >= 0.6 is 0 Å². The summed E-state index contributed by atoms with van der Waals surface area (Å²) in [6.07, 6.45) is -0.0114. The number of carbonyl (C=O) groups is 2. The molecule has 2 N–H and O–H groups in total. The third-order valence-corrected chi connectivity index (χ3v) is 6.07. The minimum Gasteiger partial charge on any atom is -0.494 e. The maximum atomic E-state index is 13.3. The minimum atomic E-state index is -4.13. The molecule has 0 heterocycles. The van der Waals surface area contributed by atoms with E-state index in [0.717, 1.165) is 12.1 Å². The van der Waals surface area contributed by atoms with E-state index in [-0.39, 0.29) is 30.2 Å². The van der Waals surface area contributed by atoms with Crippen LogP contribution in [0.5, 0.6) is 5.75 Å². The fourth-order valence-electron chi connectivity index (χ4n) is 2.98. The van der Waals surface area contributed by atoms with Crippen LogP contribution in [-0.4, -0.2) is 26.7 Å². The number of amides is 1. The van der Waals surface area contributed by atoms with Gasteiger partial charge < -0.3 is 10.1 Å². The van der Waals surface area contributed by atoms with Crippen molar-refractivity contribution in [2.45, 2.75) is 24.7 Å². The lowest BCUT2D eigenvalue weighted by Gasteiger charge is -2.10. The number of carbonyl (C=O) groups excluding carboxylic acids is 2. The molecule has 0 radical (unpaired) electrons. The van der Waals surface area contributed by atoms with Gasteiger partial charge in [0.05, 0.1) is 11.5 Å². The SMILES string of the molecule is CCOc1ccc(C(=O)CCC(=O)Nc2ccc(NS(=O)(=O)c3ccc(F)c(F)c3)cc2)cc1. The van der Waals surface area contributed by atoms with Gasteiger partial charge in [-0.2, -0.15) is 0 Å². The Balaban J connectivity index is 1.53. The second kappa shape index (κ2) is 10.9. The van der Waals surface area contributed by atoms with Crippen molar-refractivity contribution < 1.29 is 31.5 Å². The molecule has 0 aliphatic carbocycles. The average molecular weight is 489 g/mol. The first-order valence-corrected chi connectivity index (χ1v) is 11.8. The number of hydrogen-bond acceptors (Lipinski definition) is 5. The van der Waals surface area contributed by atoms with Crippen LogP contribution in [0.2, 0.25) is 0 Å². The van der Waals surface area contributed by atoms with Gasteiger partial charge in [0, 0.05) is 29.8 Å². The zero-order valence-corrected chi connectivity index (χ0v) is 19.0. The molecule has 0 aliphatic heterocycles. The summed E-state index contributed by atoms with van der Waals surface area (Å²) in [5.41, 5.74) is 1.04. The Morgan fingerprint density at radius 1 is 0.853 bits per heavy atom. The quantitative estimate of drug-likeness (QED) is 0.401. The van der Waals surface area contributed by atoms with E-state index in [2.05, 4.69) is 10.0 Å². The van der Waals surface area contributed by atoms with Crippen molar-refractivity contribution in [1.82, 2.24) is 0 Å². The monoisotopic (exact) mass is 488 g/mol. The van der Waals surface area contributed by atoms with Crippen molar-refractivity contribution in [3.8, 4) is 5.75 Å². The molecule has 3 aromatic rings. The molecule has 0 saturated heterocycles. The predicted octanol–water partition coefficient (Wildman–Crippen LogP) is 4.77. The van der Waals surface area contributed by atoms with Crippen LogP contribution in [0.15, 0.2) is 71.6 Å². The highest BCUT2D eigenvalue weighted by molar-refractivity contribution is 7.92. The Morgan fingerprint density at radius 3 is 2.12 bits per heavy atom. The van der Waals surface area contributed by atoms with Crippen LogP contribution in [-0.2, 0) is 14.8 Å². The van der Waals surface area contributed by atoms with Crippen LogP contribution in [0.3, 0.4) is 0 Å². The average Bonchev–Trinajstić information content (AvgIpc) is 2.81. The molecule has 0 fully saturated rings. The van der Waals surface area contributed by atoms with Crippen LogP contribution in [0.25, 0.3) is 0 Å². The molecule has 7 nitrogen and oxygen atoms in total. The Bertz CT molecular complexity index is 1280. The summed E-state index contributed by atoms with van der Waals surface area (Å²) in [5, 5.41) is 2.63. The molecule has 0 saturated carbocycles. The van der Waals surface area contributed by atoms with E-state index in [0.29, 0.717) is 29.7 Å². The number of Topliss-reactive ketones (excluding diaryl/α,β-unsaturated/α-hetero) is 1. The molecule has 1 amide bonds. The highest BCUT2D eigenvalue weighted by atomic mass is 32.2. The Morgan fingerprint density at radius 2 is 1.50 bits per heavy atom. The Labute approximate surface area is 195 Å². The molecule has 0 aliphatic rings. The van der Waals surface area contributed by atoms with Gasteiger partial charge >= 0.3 is 0 Å². The number of ether oxygens (including phenoxy) is 1. The maximum absolute atomic E-state index is 13.3. The number of ketones is 1. The van der Waals surface area contributed by atoms with Crippen molar-refractivity contribution in [1.29, 1.82) is 0 Å². The molecule has 0 bridgehead atoms. The van der Waals surface area contributed by atoms with Gasteiger partial charge in [-0.3, -0.25) is 14.3 Å². The molecule has 34 heavy (non-hydrogen) atoms. The van der Waals surface area contributed by atoms with Crippen LogP contribution in [0.4, 0.5) is 20.2 Å². The van der Waals surface area contributed by atoms with Crippen LogP contribution in [0.1, 0.15) is 30.1 Å². The van der Waals surface area contributed by atoms with Gasteiger partial charge in [0.15, 0.2) is 17.4 Å². The largest absolute Gasteiger partial charge is 0.494 e. The Hall–Kier alpha value is -3.79. The number of halogens is 2. The normalized spacial score (nSPS) is 11.0. The van der Waals surface area contributed by atoms with Crippen molar-refractivity contribution in [2.24, 2.45) is 0 Å². The van der Waals surface area contributed by atoms with E-state index in [1.54, 1.807) is 24.3 Å². The molecule has 0 atom stereocenters. The first kappa shape index (κ1) is 24.8. The van der Waals surface area contributed by atoms with E-state index in [1.165, 1.54) is 24.3 Å². The first-order chi connectivity index (χ1) is 16.2. The third-order valence-electron chi connectivity index (χ3n) is 4.69. The summed E-state index contributed by atoms with van der Waals surface area (Å²) >= 11 is 0. The highest BCUT2D eigenvalue weighted by Crippen LogP contribution is 2.20. The zero-order chi connectivity index (χ0) is 24.7. The summed E-state index contributed by atoms with van der Waals surface area (Å²) in [6.45, 7) is 2.38. The molecule has 178 valence electrons. The molecule has 0 aromatic heterocycles. The molecular weight excluding hydrogens is 466 g/mol. The second-order valence-electron chi connectivity index (χ2n) is 7.19. The molecular formula is C24H22F2N2O5S. The number of sulfonamides is 1. The molecule has 10 heteroatoms. The summed E-state index contributed by atoms with van der Waals surface area (Å²) in [4.78, 5) is 24.0. The Kier molecular flexibility index (Phi) is 7.95. The van der Waals surface area contributed by atoms with E-state index in [1.807, 2.05) is 6.92 Å². The molecule has 3 aromatic carbocycles. The van der Waals surface area contributed by atoms with E-state index in [4.69, 9.17) is 4.74 Å². The number of anilines is 2. The number of nitrogens with one attached hydrogen (secondary N) is 2. The lowest BCUT2D eigenvalue weighted by molar-refractivity contribution is -0.116. The maximum Gasteiger partial charge on any atom is 0.261 e. The summed E-state index contributed by atoms with van der Waals surface area (Å²) in [7, 11) is -4.13. The first-order valence-electron chi connectivity index (χ1n) is 10.3. The molecule has 3 rings (SSSR count). The highest BCUT2D eigenvalue weighted by Gasteiger charge is 2.17. The van der Waals surface area contributed by atoms with Gasteiger partial charge in [-0.25, -0.2) is 17.2 Å². The standard InChI is InChI=1S/C24H22F2N2O5S/c1-2-33-19-9-3-16(4-10-19)23(29)13-14-24(30)27-17-5-7-18(8-6-17)28-34(31,32)20-11-12-21(25)22(26)15-20/h3-12,15,28H,2,13-14H2,1H3,(H,27,30). The third kappa shape index (κ3) is 6.61. The van der Waals surface area contributed by atoms with Crippen LogP contribution < -0.4 is 14.8 Å². The fraction of sp³-hybridized carbons (Fsp3) is 0.167. The lowest BCUT2D eigenvalue weighted by atomic mass is 10.1. The number of benzene rings is 3. The van der Waals surface area contributed by atoms with E-state index >= 15 is 0 Å². The van der Waals surface area contributed by atoms with Gasteiger partial charge in [0.1, 0.15) is 5.75 Å². The fourth-order valence-corrected chi connectivity index (χ4v) is 4.05. The zero-order valence-electron chi connectivity index (χ0n) is 18.2. The number of rotatable bonds is 10. The van der Waals surface area contributed by atoms with Gasteiger partial charge in [-0.15, -0.1) is 0 Å². The molecule has 0 unspecified atom stereocenters. The topological polar surface area (TPSA) is 102 Å². The smallest absolute Gasteiger partial charge is 0.261 e. The summed E-state index contributed by atoms with van der Waals surface area (Å²) in [6, 6.07) is 14.7. The van der Waals surface area contributed by atoms with Gasteiger partial charge in [-0.05, 0) is 73.7 Å². The van der Waals surface area contributed by atoms with E-state index in [9.17, 15) is 26.8 Å². The molecule has 0 spiro atoms. The van der Waals surface area contributed by atoms with Gasteiger partial charge in [-0.1, -0.05) is 0 Å². The second-order valence-corrected chi connectivity index (χ2v) is 8.87. The van der Waals surface area contributed by atoms with Crippen molar-refractivity contribution in [3.05, 3.63) is 83.9 Å². The summed E-state index contributed by atoms with van der Waals surface area (Å²) in [5.74, 6) is -2.33. The minimum absolute atomic E-state index is 0.0198. The van der Waals surface area contributed by atoms with Crippen molar-refractivity contribution in [3.63, 3.8) is 0 Å². The lowest BCUT2D eigenvalue weighted by Crippen LogP contribution is -2.14. The number of hydrogen-bond donors (Lipinski definition) is 2. The van der Waals surface area contributed by atoms with Crippen molar-refractivity contribution in [2.75, 3.05) is 16.6 Å². The van der Waals surface area contributed by atoms with Crippen LogP contribution in [0, 0.1) is 11.6 Å². The van der Waals surface area contributed by atoms with E-state index < -0.39 is 26.6 Å². The van der Waals surface area contributed by atoms with Gasteiger partial charge in [0.25, 0.3) is 10.0 Å². The summed E-state index contributed by atoms with van der Waals surface area (Å²) < 4.78 is 58.6. The predicted molar refractivity (Wildman–Crippen MR) is 123 cm³/mol. The van der Waals surface area contributed by atoms with Gasteiger partial charge in [0.2, 0.25) is 5.91 Å². The van der Waals surface area contributed by atoms with Crippen molar-refractivity contribution >= 4 is 33.1 Å².